The molecule has 0 aliphatic heterocycles. The van der Waals surface area contributed by atoms with Crippen molar-refractivity contribution in [3.8, 4) is 0 Å². The van der Waals surface area contributed by atoms with Gasteiger partial charge in [-0.2, -0.15) is 0 Å². The van der Waals surface area contributed by atoms with Gasteiger partial charge in [-0.3, -0.25) is 0 Å². The molecule has 2 rings (SSSR count). The van der Waals surface area contributed by atoms with Crippen molar-refractivity contribution < 1.29 is 8.42 Å². The van der Waals surface area contributed by atoms with E-state index in [4.69, 9.17) is 16.7 Å². The SMILES string of the molecule is CCNC(=NCc1ccccc1Cl)NCc1ccc(S(N)(=O)=O)s1. The van der Waals surface area contributed by atoms with Crippen molar-refractivity contribution in [1.82, 2.24) is 10.6 Å². The number of thiophene rings is 1. The van der Waals surface area contributed by atoms with Crippen LogP contribution in [0.4, 0.5) is 0 Å². The number of guanidine groups is 1. The van der Waals surface area contributed by atoms with Crippen LogP contribution in [0.3, 0.4) is 0 Å². The molecule has 0 unspecified atom stereocenters. The van der Waals surface area contributed by atoms with Crippen molar-refractivity contribution >= 4 is 38.9 Å². The maximum atomic E-state index is 11.3. The Morgan fingerprint density at radius 3 is 2.62 bits per heavy atom. The van der Waals surface area contributed by atoms with Gasteiger partial charge in [0.15, 0.2) is 5.96 Å². The second kappa shape index (κ2) is 8.48. The molecule has 24 heavy (non-hydrogen) atoms. The van der Waals surface area contributed by atoms with Crippen LogP contribution in [0.25, 0.3) is 0 Å². The summed E-state index contributed by atoms with van der Waals surface area (Å²) in [5, 5.41) is 12.1. The molecule has 1 aromatic heterocycles. The third-order valence-electron chi connectivity index (χ3n) is 3.06. The zero-order valence-electron chi connectivity index (χ0n) is 13.1. The number of nitrogens with two attached hydrogens (primary N) is 1. The second-order valence-electron chi connectivity index (χ2n) is 4.91. The highest BCUT2D eigenvalue weighted by molar-refractivity contribution is 7.91. The van der Waals surface area contributed by atoms with Crippen LogP contribution >= 0.6 is 22.9 Å². The van der Waals surface area contributed by atoms with E-state index in [9.17, 15) is 8.42 Å². The molecule has 0 amide bonds. The van der Waals surface area contributed by atoms with E-state index in [1.165, 1.54) is 6.07 Å². The van der Waals surface area contributed by atoms with E-state index in [1.54, 1.807) is 6.07 Å². The number of primary sulfonamides is 1. The maximum absolute atomic E-state index is 11.3. The van der Waals surface area contributed by atoms with E-state index >= 15 is 0 Å². The number of aliphatic imine (C=N–C) groups is 1. The van der Waals surface area contributed by atoms with Crippen LogP contribution in [-0.2, 0) is 23.1 Å². The number of hydrogen-bond donors (Lipinski definition) is 3. The number of hydrogen-bond acceptors (Lipinski definition) is 4. The Bertz CT molecular complexity index is 818. The van der Waals surface area contributed by atoms with Gasteiger partial charge in [0.1, 0.15) is 4.21 Å². The highest BCUT2D eigenvalue weighted by Crippen LogP contribution is 2.20. The predicted molar refractivity (Wildman–Crippen MR) is 98.8 cm³/mol. The van der Waals surface area contributed by atoms with Crippen molar-refractivity contribution in [2.75, 3.05) is 6.54 Å². The van der Waals surface area contributed by atoms with Crippen molar-refractivity contribution in [1.29, 1.82) is 0 Å². The minimum atomic E-state index is -3.65. The number of sulfonamides is 1. The third-order valence-corrected chi connectivity index (χ3v) is 5.95. The number of nitrogens with zero attached hydrogens (tertiary/aromatic N) is 1. The lowest BCUT2D eigenvalue weighted by Crippen LogP contribution is -2.36. The van der Waals surface area contributed by atoms with Gasteiger partial charge in [0.25, 0.3) is 0 Å². The molecule has 0 atom stereocenters. The molecule has 6 nitrogen and oxygen atoms in total. The van der Waals surface area contributed by atoms with Crippen molar-refractivity contribution in [3.63, 3.8) is 0 Å². The Kier molecular flexibility index (Phi) is 6.61. The topological polar surface area (TPSA) is 96.6 Å². The number of benzene rings is 1. The minimum absolute atomic E-state index is 0.150. The normalized spacial score (nSPS) is 12.2. The van der Waals surface area contributed by atoms with Gasteiger partial charge in [0.05, 0.1) is 13.1 Å². The monoisotopic (exact) mass is 386 g/mol. The molecule has 9 heteroatoms. The summed E-state index contributed by atoms with van der Waals surface area (Å²) in [6, 6.07) is 10.8. The first-order valence-electron chi connectivity index (χ1n) is 7.27. The molecular formula is C15H19ClN4O2S2. The van der Waals surface area contributed by atoms with Gasteiger partial charge in [0, 0.05) is 16.4 Å². The van der Waals surface area contributed by atoms with E-state index in [-0.39, 0.29) is 4.21 Å². The fourth-order valence-electron chi connectivity index (χ4n) is 1.91. The van der Waals surface area contributed by atoms with Crippen molar-refractivity contribution in [2.45, 2.75) is 24.2 Å². The lowest BCUT2D eigenvalue weighted by molar-refractivity contribution is 0.600. The zero-order valence-corrected chi connectivity index (χ0v) is 15.5. The van der Waals surface area contributed by atoms with E-state index in [0.717, 1.165) is 21.8 Å². The van der Waals surface area contributed by atoms with E-state index in [1.807, 2.05) is 31.2 Å². The van der Waals surface area contributed by atoms with Crippen LogP contribution in [0.1, 0.15) is 17.4 Å². The van der Waals surface area contributed by atoms with Crippen LogP contribution in [0.2, 0.25) is 5.02 Å². The molecule has 0 spiro atoms. The smallest absolute Gasteiger partial charge is 0.247 e. The Hall–Kier alpha value is -1.61. The summed E-state index contributed by atoms with van der Waals surface area (Å²) < 4.78 is 22.7. The highest BCUT2D eigenvalue weighted by atomic mass is 35.5. The molecule has 4 N–H and O–H groups in total. The quantitative estimate of drug-likeness (QED) is 0.524. The summed E-state index contributed by atoms with van der Waals surface area (Å²) >= 11 is 7.26. The molecule has 0 aliphatic carbocycles. The first-order valence-corrected chi connectivity index (χ1v) is 10.0. The molecule has 130 valence electrons. The van der Waals surface area contributed by atoms with Crippen LogP contribution < -0.4 is 15.8 Å². The van der Waals surface area contributed by atoms with Gasteiger partial charge in [0.2, 0.25) is 10.0 Å². The predicted octanol–water partition coefficient (Wildman–Crippen LogP) is 2.30. The summed E-state index contributed by atoms with van der Waals surface area (Å²) in [5.41, 5.74) is 0.934. The van der Waals surface area contributed by atoms with E-state index in [0.29, 0.717) is 30.6 Å². The summed E-state index contributed by atoms with van der Waals surface area (Å²) in [6.45, 7) is 3.58. The highest BCUT2D eigenvalue weighted by Gasteiger charge is 2.11. The van der Waals surface area contributed by atoms with Crippen LogP contribution in [0.5, 0.6) is 0 Å². The zero-order chi connectivity index (χ0) is 17.6. The fraction of sp³-hybridized carbons (Fsp3) is 0.267. The molecule has 0 fully saturated rings. The number of rotatable bonds is 6. The lowest BCUT2D eigenvalue weighted by atomic mass is 10.2. The van der Waals surface area contributed by atoms with Crippen LogP contribution in [-0.4, -0.2) is 20.9 Å². The molecule has 0 saturated carbocycles. The fourth-order valence-corrected chi connectivity index (χ4v) is 3.82. The van der Waals surface area contributed by atoms with Crippen LogP contribution in [0, 0.1) is 0 Å². The van der Waals surface area contributed by atoms with Gasteiger partial charge >= 0.3 is 0 Å². The van der Waals surface area contributed by atoms with Crippen molar-refractivity contribution in [2.24, 2.45) is 10.1 Å². The van der Waals surface area contributed by atoms with Crippen LogP contribution in [0.15, 0.2) is 45.6 Å². The molecule has 2 aromatic rings. The van der Waals surface area contributed by atoms with Gasteiger partial charge in [-0.05, 0) is 30.7 Å². The van der Waals surface area contributed by atoms with Gasteiger partial charge < -0.3 is 10.6 Å². The average Bonchev–Trinajstić information content (AvgIpc) is 3.00. The Morgan fingerprint density at radius 2 is 2.00 bits per heavy atom. The molecule has 0 radical (unpaired) electrons. The van der Waals surface area contributed by atoms with E-state index in [2.05, 4.69) is 15.6 Å². The average molecular weight is 387 g/mol. The minimum Gasteiger partial charge on any atom is -0.357 e. The summed E-state index contributed by atoms with van der Waals surface area (Å²) in [5.74, 6) is 0.628. The first-order chi connectivity index (χ1) is 11.4. The largest absolute Gasteiger partial charge is 0.357 e. The molecular weight excluding hydrogens is 368 g/mol. The van der Waals surface area contributed by atoms with Crippen molar-refractivity contribution in [3.05, 3.63) is 51.9 Å². The standard InChI is InChI=1S/C15H19ClN4O2S2/c1-2-18-15(19-9-11-5-3-4-6-13(11)16)20-10-12-7-8-14(23-12)24(17,21)22/h3-8H,2,9-10H2,1H3,(H2,17,21,22)(H2,18,19,20). The molecule has 1 aromatic carbocycles. The van der Waals surface area contributed by atoms with Gasteiger partial charge in [-0.15, -0.1) is 11.3 Å². The molecule has 0 saturated heterocycles. The summed E-state index contributed by atoms with van der Waals surface area (Å²) in [6.07, 6.45) is 0. The molecule has 0 bridgehead atoms. The number of halogens is 1. The Morgan fingerprint density at radius 1 is 1.25 bits per heavy atom. The number of nitrogens with one attached hydrogen (secondary N) is 2. The molecule has 1 heterocycles. The van der Waals surface area contributed by atoms with Gasteiger partial charge in [-0.25, -0.2) is 18.5 Å². The Balaban J connectivity index is 2.02. The van der Waals surface area contributed by atoms with E-state index < -0.39 is 10.0 Å². The molecule has 0 aliphatic rings. The maximum Gasteiger partial charge on any atom is 0.247 e. The third kappa shape index (κ3) is 5.48. The summed E-state index contributed by atoms with van der Waals surface area (Å²) in [4.78, 5) is 5.34. The Labute approximate surface area is 150 Å². The second-order valence-corrected chi connectivity index (χ2v) is 8.27. The summed E-state index contributed by atoms with van der Waals surface area (Å²) in [7, 11) is -3.65. The lowest BCUT2D eigenvalue weighted by Gasteiger charge is -2.10. The van der Waals surface area contributed by atoms with Gasteiger partial charge in [-0.1, -0.05) is 29.8 Å². The first kappa shape index (κ1) is 18.7.